The Morgan fingerprint density at radius 1 is 1.06 bits per heavy atom. The highest BCUT2D eigenvalue weighted by atomic mass is 16.5. The molecular formula is C25H23N3O3. The SMILES string of the molecule is C=CCc1ccccc1OCc1ccc(C(=O)Nc2ccn(Cc3ccccc3)n2)o1. The number of para-hydroxylation sites is 1. The van der Waals surface area contributed by atoms with Crippen LogP contribution in [0.1, 0.15) is 27.4 Å². The van der Waals surface area contributed by atoms with Gasteiger partial charge in [-0.25, -0.2) is 0 Å². The lowest BCUT2D eigenvalue weighted by Gasteiger charge is -2.08. The molecule has 4 rings (SSSR count). The molecule has 1 N–H and O–H groups in total. The van der Waals surface area contributed by atoms with Crippen LogP contribution in [-0.2, 0) is 19.6 Å². The zero-order valence-corrected chi connectivity index (χ0v) is 17.0. The first kappa shape index (κ1) is 20.2. The second-order valence-electron chi connectivity index (χ2n) is 6.99. The van der Waals surface area contributed by atoms with Crippen LogP contribution in [-0.4, -0.2) is 15.7 Å². The van der Waals surface area contributed by atoms with Crippen LogP contribution in [0.2, 0.25) is 0 Å². The van der Waals surface area contributed by atoms with Crippen molar-refractivity contribution in [2.24, 2.45) is 0 Å². The molecule has 31 heavy (non-hydrogen) atoms. The smallest absolute Gasteiger partial charge is 0.292 e. The van der Waals surface area contributed by atoms with E-state index < -0.39 is 0 Å². The highest BCUT2D eigenvalue weighted by molar-refractivity contribution is 6.01. The predicted octanol–water partition coefficient (Wildman–Crippen LogP) is 5.08. The average molecular weight is 413 g/mol. The number of furan rings is 1. The number of amides is 1. The summed E-state index contributed by atoms with van der Waals surface area (Å²) in [6.07, 6.45) is 4.38. The van der Waals surface area contributed by atoms with Crippen LogP contribution in [0, 0.1) is 0 Å². The first-order valence-electron chi connectivity index (χ1n) is 10.0. The molecule has 156 valence electrons. The van der Waals surface area contributed by atoms with Crippen molar-refractivity contribution in [3.63, 3.8) is 0 Å². The third-order valence-electron chi connectivity index (χ3n) is 4.66. The summed E-state index contributed by atoms with van der Waals surface area (Å²) in [5.74, 6) is 1.65. The van der Waals surface area contributed by atoms with Crippen LogP contribution in [0.4, 0.5) is 5.82 Å². The number of rotatable bonds is 9. The van der Waals surface area contributed by atoms with Crippen molar-refractivity contribution in [2.75, 3.05) is 5.32 Å². The number of carbonyl (C=O) groups excluding carboxylic acids is 1. The standard InChI is InChI=1S/C25H23N3O3/c1-2-8-20-11-6-7-12-22(20)30-18-21-13-14-23(31-21)25(29)26-24-15-16-28(27-24)17-19-9-4-3-5-10-19/h2-7,9-16H,1,8,17-18H2,(H,26,27,29). The fraction of sp³-hybridized carbons (Fsp3) is 0.120. The fourth-order valence-corrected chi connectivity index (χ4v) is 3.16. The topological polar surface area (TPSA) is 69.3 Å². The summed E-state index contributed by atoms with van der Waals surface area (Å²) in [7, 11) is 0. The molecule has 2 aromatic heterocycles. The van der Waals surface area contributed by atoms with Gasteiger partial charge in [0, 0.05) is 12.3 Å². The maximum atomic E-state index is 12.5. The van der Waals surface area contributed by atoms with Gasteiger partial charge in [0.25, 0.3) is 5.91 Å². The molecule has 0 saturated carbocycles. The van der Waals surface area contributed by atoms with E-state index in [0.29, 0.717) is 18.1 Å². The summed E-state index contributed by atoms with van der Waals surface area (Å²) in [6.45, 7) is 4.63. The van der Waals surface area contributed by atoms with E-state index >= 15 is 0 Å². The third-order valence-corrected chi connectivity index (χ3v) is 4.66. The van der Waals surface area contributed by atoms with Gasteiger partial charge in [-0.15, -0.1) is 6.58 Å². The van der Waals surface area contributed by atoms with E-state index in [4.69, 9.17) is 9.15 Å². The van der Waals surface area contributed by atoms with Crippen molar-refractivity contribution in [2.45, 2.75) is 19.6 Å². The molecule has 2 aromatic carbocycles. The summed E-state index contributed by atoms with van der Waals surface area (Å²) in [5.41, 5.74) is 2.18. The summed E-state index contributed by atoms with van der Waals surface area (Å²) in [5, 5.41) is 7.15. The monoisotopic (exact) mass is 413 g/mol. The lowest BCUT2D eigenvalue weighted by molar-refractivity contribution is 0.0992. The predicted molar refractivity (Wildman–Crippen MR) is 119 cm³/mol. The summed E-state index contributed by atoms with van der Waals surface area (Å²) < 4.78 is 13.3. The van der Waals surface area contributed by atoms with Gasteiger partial charge in [-0.05, 0) is 35.7 Å². The van der Waals surface area contributed by atoms with Gasteiger partial charge >= 0.3 is 0 Å². The molecular weight excluding hydrogens is 390 g/mol. The van der Waals surface area contributed by atoms with E-state index in [1.165, 1.54) is 0 Å². The van der Waals surface area contributed by atoms with Crippen molar-refractivity contribution >= 4 is 11.7 Å². The van der Waals surface area contributed by atoms with E-state index in [9.17, 15) is 4.79 Å². The Morgan fingerprint density at radius 3 is 2.71 bits per heavy atom. The Morgan fingerprint density at radius 2 is 1.87 bits per heavy atom. The summed E-state index contributed by atoms with van der Waals surface area (Å²) in [6, 6.07) is 22.9. The largest absolute Gasteiger partial charge is 0.485 e. The van der Waals surface area contributed by atoms with Gasteiger partial charge in [-0.1, -0.05) is 54.6 Å². The second-order valence-corrected chi connectivity index (χ2v) is 6.99. The minimum absolute atomic E-state index is 0.204. The molecule has 1 amide bonds. The second kappa shape index (κ2) is 9.63. The number of hydrogen-bond acceptors (Lipinski definition) is 4. The van der Waals surface area contributed by atoms with Crippen molar-refractivity contribution in [1.29, 1.82) is 0 Å². The van der Waals surface area contributed by atoms with Gasteiger partial charge in [0.2, 0.25) is 0 Å². The van der Waals surface area contributed by atoms with E-state index in [-0.39, 0.29) is 18.3 Å². The first-order chi connectivity index (χ1) is 15.2. The van der Waals surface area contributed by atoms with Gasteiger partial charge in [0.15, 0.2) is 11.6 Å². The molecule has 0 aliphatic carbocycles. The number of anilines is 1. The molecule has 4 aromatic rings. The van der Waals surface area contributed by atoms with Crippen molar-refractivity contribution in [3.05, 3.63) is 114 Å². The molecule has 6 heteroatoms. The van der Waals surface area contributed by atoms with Gasteiger partial charge in [0.05, 0.1) is 6.54 Å². The molecule has 0 radical (unpaired) electrons. The van der Waals surface area contributed by atoms with Crippen LogP contribution < -0.4 is 10.1 Å². The highest BCUT2D eigenvalue weighted by Gasteiger charge is 2.14. The maximum absolute atomic E-state index is 12.5. The number of allylic oxidation sites excluding steroid dienone is 1. The molecule has 0 unspecified atom stereocenters. The van der Waals surface area contributed by atoms with Crippen LogP contribution >= 0.6 is 0 Å². The number of ether oxygens (including phenoxy) is 1. The molecule has 0 aliphatic heterocycles. The van der Waals surface area contributed by atoms with E-state index in [0.717, 1.165) is 23.3 Å². The molecule has 2 heterocycles. The lowest BCUT2D eigenvalue weighted by atomic mass is 10.1. The molecule has 6 nitrogen and oxygen atoms in total. The third kappa shape index (κ3) is 5.30. The van der Waals surface area contributed by atoms with Crippen molar-refractivity contribution in [1.82, 2.24) is 9.78 Å². The van der Waals surface area contributed by atoms with Gasteiger partial charge in [-0.3, -0.25) is 9.48 Å². The summed E-state index contributed by atoms with van der Waals surface area (Å²) in [4.78, 5) is 12.5. The number of nitrogens with one attached hydrogen (secondary N) is 1. The number of benzene rings is 2. The minimum Gasteiger partial charge on any atom is -0.485 e. The van der Waals surface area contributed by atoms with E-state index in [1.807, 2.05) is 66.9 Å². The Balaban J connectivity index is 1.34. The first-order valence-corrected chi connectivity index (χ1v) is 10.0. The minimum atomic E-state index is -0.358. The molecule has 0 saturated heterocycles. The number of aromatic nitrogens is 2. The zero-order chi connectivity index (χ0) is 21.5. The maximum Gasteiger partial charge on any atom is 0.292 e. The van der Waals surface area contributed by atoms with Crippen molar-refractivity contribution < 1.29 is 13.9 Å². The Labute approximate surface area is 180 Å². The normalized spacial score (nSPS) is 10.6. The molecule has 0 fully saturated rings. The molecule has 0 aliphatic rings. The van der Waals surface area contributed by atoms with Gasteiger partial charge in [-0.2, -0.15) is 5.10 Å². The number of hydrogen-bond donors (Lipinski definition) is 1. The van der Waals surface area contributed by atoms with Crippen LogP contribution in [0.3, 0.4) is 0 Å². The Kier molecular flexibility index (Phi) is 6.28. The van der Waals surface area contributed by atoms with E-state index in [1.54, 1.807) is 22.9 Å². The highest BCUT2D eigenvalue weighted by Crippen LogP contribution is 2.21. The lowest BCUT2D eigenvalue weighted by Crippen LogP contribution is -2.12. The van der Waals surface area contributed by atoms with E-state index in [2.05, 4.69) is 17.0 Å². The quantitative estimate of drug-likeness (QED) is 0.388. The average Bonchev–Trinajstić information content (AvgIpc) is 3.44. The molecule has 0 spiro atoms. The number of nitrogens with zero attached hydrogens (tertiary/aromatic N) is 2. The molecule has 0 atom stereocenters. The number of carbonyl (C=O) groups is 1. The van der Waals surface area contributed by atoms with Gasteiger partial charge < -0.3 is 14.5 Å². The van der Waals surface area contributed by atoms with Crippen LogP contribution in [0.15, 0.2) is 96.1 Å². The fourth-order valence-electron chi connectivity index (χ4n) is 3.16. The summed E-state index contributed by atoms with van der Waals surface area (Å²) >= 11 is 0. The zero-order valence-electron chi connectivity index (χ0n) is 17.0. The Bertz CT molecular complexity index is 1160. The van der Waals surface area contributed by atoms with Gasteiger partial charge in [0.1, 0.15) is 18.1 Å². The molecule has 0 bridgehead atoms. The van der Waals surface area contributed by atoms with Crippen LogP contribution in [0.25, 0.3) is 0 Å². The van der Waals surface area contributed by atoms with Crippen molar-refractivity contribution in [3.8, 4) is 5.75 Å². The Hall–Kier alpha value is -4.06. The van der Waals surface area contributed by atoms with Crippen LogP contribution in [0.5, 0.6) is 5.75 Å².